The molecule has 1 aliphatic carbocycles. The quantitative estimate of drug-likeness (QED) is 0.634. The predicted molar refractivity (Wildman–Crippen MR) is 80.1 cm³/mol. The van der Waals surface area contributed by atoms with E-state index in [2.05, 4.69) is 12.2 Å². The minimum Gasteiger partial charge on any atom is -0.352 e. The van der Waals surface area contributed by atoms with Crippen molar-refractivity contribution in [1.82, 2.24) is 10.2 Å². The number of carbonyl (C=O) groups excluding carboxylic acids is 2. The van der Waals surface area contributed by atoms with Gasteiger partial charge in [0.05, 0.1) is 6.54 Å². The largest absolute Gasteiger partial charge is 0.352 e. The van der Waals surface area contributed by atoms with Crippen molar-refractivity contribution >= 4 is 11.8 Å². The molecule has 3 N–H and O–H groups in total. The molecular weight excluding hydrogens is 254 g/mol. The summed E-state index contributed by atoms with van der Waals surface area (Å²) in [6.45, 7) is 3.00. The van der Waals surface area contributed by atoms with Gasteiger partial charge < -0.3 is 16.0 Å². The Bertz CT molecular complexity index is 310. The van der Waals surface area contributed by atoms with E-state index in [0.717, 1.165) is 38.5 Å². The zero-order chi connectivity index (χ0) is 15.0. The van der Waals surface area contributed by atoms with E-state index in [1.807, 2.05) is 0 Å². The van der Waals surface area contributed by atoms with Crippen LogP contribution in [0.4, 0.5) is 0 Å². The van der Waals surface area contributed by atoms with Gasteiger partial charge in [0.2, 0.25) is 11.8 Å². The third-order valence-electron chi connectivity index (χ3n) is 3.79. The highest BCUT2D eigenvalue weighted by Crippen LogP contribution is 2.19. The second kappa shape index (κ2) is 8.95. The van der Waals surface area contributed by atoms with Crippen LogP contribution in [-0.2, 0) is 9.59 Å². The topological polar surface area (TPSA) is 75.4 Å². The summed E-state index contributed by atoms with van der Waals surface area (Å²) in [6.07, 6.45) is 6.75. The zero-order valence-corrected chi connectivity index (χ0v) is 12.9. The average Bonchev–Trinajstić information content (AvgIpc) is 3.19. The molecule has 0 heterocycles. The normalized spacial score (nSPS) is 15.8. The summed E-state index contributed by atoms with van der Waals surface area (Å²) >= 11 is 0. The van der Waals surface area contributed by atoms with E-state index in [4.69, 9.17) is 5.73 Å². The van der Waals surface area contributed by atoms with Crippen LogP contribution in [0.25, 0.3) is 0 Å². The van der Waals surface area contributed by atoms with Gasteiger partial charge in [-0.1, -0.05) is 19.8 Å². The van der Waals surface area contributed by atoms with Crippen molar-refractivity contribution < 1.29 is 9.59 Å². The number of hydrogen-bond acceptors (Lipinski definition) is 3. The van der Waals surface area contributed by atoms with Gasteiger partial charge >= 0.3 is 0 Å². The van der Waals surface area contributed by atoms with E-state index in [0.29, 0.717) is 24.9 Å². The molecule has 2 amide bonds. The number of rotatable bonds is 10. The third kappa shape index (κ3) is 6.89. The molecule has 0 aromatic rings. The van der Waals surface area contributed by atoms with Crippen molar-refractivity contribution in [3.8, 4) is 0 Å². The Balaban J connectivity index is 2.23. The van der Waals surface area contributed by atoms with Crippen LogP contribution in [0, 0.1) is 5.92 Å². The van der Waals surface area contributed by atoms with Crippen molar-refractivity contribution in [3.63, 3.8) is 0 Å². The fourth-order valence-corrected chi connectivity index (χ4v) is 2.40. The van der Waals surface area contributed by atoms with Crippen LogP contribution < -0.4 is 11.1 Å². The van der Waals surface area contributed by atoms with Crippen molar-refractivity contribution in [2.75, 3.05) is 20.1 Å². The van der Waals surface area contributed by atoms with Crippen LogP contribution in [0.5, 0.6) is 0 Å². The molecule has 0 saturated heterocycles. The zero-order valence-electron chi connectivity index (χ0n) is 12.9. The van der Waals surface area contributed by atoms with Gasteiger partial charge in [0.25, 0.3) is 0 Å². The molecule has 0 radical (unpaired) electrons. The number of carbonyl (C=O) groups is 2. The summed E-state index contributed by atoms with van der Waals surface area (Å²) in [5, 5.41) is 2.90. The third-order valence-corrected chi connectivity index (χ3v) is 3.79. The molecule has 0 bridgehead atoms. The molecule has 1 unspecified atom stereocenters. The molecule has 0 aliphatic heterocycles. The fourth-order valence-electron chi connectivity index (χ4n) is 2.40. The molecule has 1 fully saturated rings. The Morgan fingerprint density at radius 3 is 2.55 bits per heavy atom. The number of amides is 2. The second-order valence-electron chi connectivity index (χ2n) is 5.86. The van der Waals surface area contributed by atoms with Crippen molar-refractivity contribution in [2.24, 2.45) is 11.7 Å². The summed E-state index contributed by atoms with van der Waals surface area (Å²) in [6, 6.07) is 0.351. The number of nitrogens with zero attached hydrogens (tertiary/aromatic N) is 1. The lowest BCUT2D eigenvalue weighted by molar-refractivity contribution is -0.135. The summed E-state index contributed by atoms with van der Waals surface area (Å²) in [5.41, 5.74) is 5.60. The lowest BCUT2D eigenvalue weighted by Gasteiger charge is -2.19. The Labute approximate surface area is 122 Å². The van der Waals surface area contributed by atoms with Gasteiger partial charge in [-0.2, -0.15) is 0 Å². The Morgan fingerprint density at radius 1 is 1.30 bits per heavy atom. The van der Waals surface area contributed by atoms with Crippen molar-refractivity contribution in [3.05, 3.63) is 0 Å². The van der Waals surface area contributed by atoms with E-state index in [9.17, 15) is 9.59 Å². The maximum atomic E-state index is 12.0. The van der Waals surface area contributed by atoms with Crippen LogP contribution >= 0.6 is 0 Å². The van der Waals surface area contributed by atoms with E-state index >= 15 is 0 Å². The Kier molecular flexibility index (Phi) is 7.59. The van der Waals surface area contributed by atoms with Crippen LogP contribution in [0.2, 0.25) is 0 Å². The van der Waals surface area contributed by atoms with Crippen LogP contribution in [0.15, 0.2) is 0 Å². The van der Waals surface area contributed by atoms with Crippen molar-refractivity contribution in [2.45, 2.75) is 57.9 Å². The lowest BCUT2D eigenvalue weighted by atomic mass is 9.94. The summed E-state index contributed by atoms with van der Waals surface area (Å²) in [5.74, 6) is 0.534. The summed E-state index contributed by atoms with van der Waals surface area (Å²) in [4.78, 5) is 25.2. The van der Waals surface area contributed by atoms with Crippen LogP contribution in [-0.4, -0.2) is 42.9 Å². The van der Waals surface area contributed by atoms with Gasteiger partial charge in [0.15, 0.2) is 0 Å². The molecule has 0 aromatic heterocycles. The van der Waals surface area contributed by atoms with E-state index in [1.165, 1.54) is 4.90 Å². The first-order valence-electron chi connectivity index (χ1n) is 7.80. The minimum absolute atomic E-state index is 0.0459. The van der Waals surface area contributed by atoms with Gasteiger partial charge in [0, 0.05) is 19.5 Å². The van der Waals surface area contributed by atoms with Gasteiger partial charge in [-0.05, 0) is 38.1 Å². The maximum absolute atomic E-state index is 12.0. The van der Waals surface area contributed by atoms with Crippen molar-refractivity contribution in [1.29, 1.82) is 0 Å². The van der Waals surface area contributed by atoms with E-state index in [-0.39, 0.29) is 18.4 Å². The van der Waals surface area contributed by atoms with Gasteiger partial charge in [-0.3, -0.25) is 9.59 Å². The number of likely N-dealkylation sites (N-methyl/N-ethyl adjacent to an activating group) is 1. The standard InChI is InChI=1S/C15H29N3O2/c1-3-4-12(9-10-16)5-8-15(20)18(2)11-14(19)17-13-6-7-13/h12-13H,3-11,16H2,1-2H3,(H,17,19). The molecule has 1 atom stereocenters. The second-order valence-corrected chi connectivity index (χ2v) is 5.86. The van der Waals surface area contributed by atoms with Gasteiger partial charge in [0.1, 0.15) is 0 Å². The van der Waals surface area contributed by atoms with Gasteiger partial charge in [-0.25, -0.2) is 0 Å². The molecule has 1 rings (SSSR count). The predicted octanol–water partition coefficient (Wildman–Crippen LogP) is 1.27. The molecule has 5 heteroatoms. The highest BCUT2D eigenvalue weighted by atomic mass is 16.2. The first-order chi connectivity index (χ1) is 9.56. The highest BCUT2D eigenvalue weighted by molar-refractivity contribution is 5.84. The Hall–Kier alpha value is -1.10. The smallest absolute Gasteiger partial charge is 0.239 e. The van der Waals surface area contributed by atoms with Crippen LogP contribution in [0.1, 0.15) is 51.9 Å². The highest BCUT2D eigenvalue weighted by Gasteiger charge is 2.24. The number of nitrogens with two attached hydrogens (primary N) is 1. The van der Waals surface area contributed by atoms with E-state index in [1.54, 1.807) is 7.05 Å². The van der Waals surface area contributed by atoms with Gasteiger partial charge in [-0.15, -0.1) is 0 Å². The molecule has 20 heavy (non-hydrogen) atoms. The maximum Gasteiger partial charge on any atom is 0.239 e. The molecule has 1 aliphatic rings. The first kappa shape index (κ1) is 17.0. The summed E-state index contributed by atoms with van der Waals surface area (Å²) in [7, 11) is 1.70. The molecular formula is C15H29N3O2. The fraction of sp³-hybridized carbons (Fsp3) is 0.867. The number of hydrogen-bond donors (Lipinski definition) is 2. The molecule has 0 aromatic carbocycles. The number of nitrogens with one attached hydrogen (secondary N) is 1. The molecule has 1 saturated carbocycles. The Morgan fingerprint density at radius 2 is 2.00 bits per heavy atom. The average molecular weight is 283 g/mol. The molecule has 0 spiro atoms. The molecule has 5 nitrogen and oxygen atoms in total. The summed E-state index contributed by atoms with van der Waals surface area (Å²) < 4.78 is 0. The van der Waals surface area contributed by atoms with E-state index < -0.39 is 0 Å². The first-order valence-corrected chi connectivity index (χ1v) is 7.80. The monoisotopic (exact) mass is 283 g/mol. The molecule has 116 valence electrons. The lowest BCUT2D eigenvalue weighted by Crippen LogP contribution is -2.39. The minimum atomic E-state index is -0.0459. The van der Waals surface area contributed by atoms with Crippen LogP contribution in [0.3, 0.4) is 0 Å². The SMILES string of the molecule is CCCC(CCN)CCC(=O)N(C)CC(=O)NC1CC1.